The van der Waals surface area contributed by atoms with Crippen LogP contribution in [0.3, 0.4) is 0 Å². The van der Waals surface area contributed by atoms with Gasteiger partial charge in [0.05, 0.1) is 12.0 Å². The summed E-state index contributed by atoms with van der Waals surface area (Å²) in [5.74, 6) is -0.226. The fourth-order valence-corrected chi connectivity index (χ4v) is 1.81. The molecule has 0 bridgehead atoms. The number of anilines is 1. The second kappa shape index (κ2) is 5.27. The highest BCUT2D eigenvalue weighted by atomic mass is 16.7. The highest BCUT2D eigenvalue weighted by Gasteiger charge is 2.16. The van der Waals surface area contributed by atoms with E-state index in [0.29, 0.717) is 0 Å². The lowest BCUT2D eigenvalue weighted by molar-refractivity contribution is 0.104. The van der Waals surface area contributed by atoms with Crippen LogP contribution < -0.4 is 21.7 Å². The minimum Gasteiger partial charge on any atom is -0.434 e. The number of rotatable bonds is 2. The topological polar surface area (TPSA) is 118 Å². The second-order valence-corrected chi connectivity index (χ2v) is 4.23. The zero-order valence-corrected chi connectivity index (χ0v) is 11.7. The molecular weight excluding hydrogens is 280 g/mol. The molecule has 9 nitrogen and oxygen atoms in total. The van der Waals surface area contributed by atoms with E-state index in [4.69, 9.17) is 10.5 Å². The summed E-state index contributed by atoms with van der Waals surface area (Å²) in [6, 6.07) is 1.26. The van der Waals surface area contributed by atoms with Gasteiger partial charge in [0.15, 0.2) is 17.2 Å². The first-order chi connectivity index (χ1) is 9.86. The third kappa shape index (κ3) is 2.45. The zero-order chi connectivity index (χ0) is 15.7. The van der Waals surface area contributed by atoms with Gasteiger partial charge in [-0.2, -0.15) is 0 Å². The normalized spacial score (nSPS) is 10.6. The average Bonchev–Trinajstić information content (AvgIpc) is 2.44. The Bertz CT molecular complexity index is 836. The van der Waals surface area contributed by atoms with E-state index < -0.39 is 17.4 Å². The first-order valence-corrected chi connectivity index (χ1v) is 6.07. The van der Waals surface area contributed by atoms with E-state index in [2.05, 4.69) is 9.72 Å². The van der Waals surface area contributed by atoms with Crippen molar-refractivity contribution >= 4 is 23.0 Å². The largest absolute Gasteiger partial charge is 0.513 e. The molecule has 9 heteroatoms. The molecule has 0 spiro atoms. The fourth-order valence-electron chi connectivity index (χ4n) is 1.81. The lowest BCUT2D eigenvalue weighted by Gasteiger charge is -2.10. The number of carbonyl (C=O) groups is 1. The number of carbonyl (C=O) groups excluding carboxylic acids is 1. The van der Waals surface area contributed by atoms with Crippen molar-refractivity contribution in [2.75, 3.05) is 12.3 Å². The van der Waals surface area contributed by atoms with Crippen LogP contribution >= 0.6 is 0 Å². The van der Waals surface area contributed by atoms with Crippen molar-refractivity contribution in [2.45, 2.75) is 6.92 Å². The molecule has 2 aromatic rings. The number of hydrogen-bond donors (Lipinski definition) is 1. The predicted octanol–water partition coefficient (Wildman–Crippen LogP) is -0.250. The van der Waals surface area contributed by atoms with Crippen molar-refractivity contribution in [3.8, 4) is 5.75 Å². The number of nitrogens with zero attached hydrogens (tertiary/aromatic N) is 3. The molecule has 0 saturated heterocycles. The fraction of sp³-hybridized carbons (Fsp3) is 0.333. The molecule has 0 saturated carbocycles. The summed E-state index contributed by atoms with van der Waals surface area (Å²) in [6.07, 6.45) is -0.952. The molecule has 112 valence electrons. The van der Waals surface area contributed by atoms with Gasteiger partial charge in [-0.25, -0.2) is 14.6 Å². The molecule has 2 N–H and O–H groups in total. The molecule has 2 aromatic heterocycles. The van der Waals surface area contributed by atoms with Crippen molar-refractivity contribution in [1.82, 2.24) is 14.1 Å². The minimum atomic E-state index is -0.952. The number of ether oxygens (including phenoxy) is 2. The Labute approximate surface area is 118 Å². The molecule has 0 aliphatic carbocycles. The van der Waals surface area contributed by atoms with E-state index in [1.807, 2.05) is 0 Å². The summed E-state index contributed by atoms with van der Waals surface area (Å²) in [5.41, 5.74) is 4.69. The number of aryl methyl sites for hydroxylation is 1. The van der Waals surface area contributed by atoms with Gasteiger partial charge in [-0.15, -0.1) is 0 Å². The van der Waals surface area contributed by atoms with E-state index in [1.165, 1.54) is 24.7 Å². The Hall–Kier alpha value is -2.84. The lowest BCUT2D eigenvalue weighted by Crippen LogP contribution is -2.37. The summed E-state index contributed by atoms with van der Waals surface area (Å²) in [4.78, 5) is 39.1. The van der Waals surface area contributed by atoms with Crippen LogP contribution in [0.4, 0.5) is 10.6 Å². The molecule has 2 heterocycles. The van der Waals surface area contributed by atoms with Crippen LogP contribution in [-0.4, -0.2) is 26.9 Å². The lowest BCUT2D eigenvalue weighted by atomic mass is 10.3. The molecule has 0 aliphatic rings. The van der Waals surface area contributed by atoms with E-state index in [0.717, 1.165) is 4.57 Å². The van der Waals surface area contributed by atoms with Crippen LogP contribution in [0.1, 0.15) is 6.92 Å². The Morgan fingerprint density at radius 2 is 2.00 bits per heavy atom. The quantitative estimate of drug-likeness (QED) is 0.758. The molecule has 0 fully saturated rings. The summed E-state index contributed by atoms with van der Waals surface area (Å²) >= 11 is 0. The maximum absolute atomic E-state index is 12.1. The number of fused-ring (bicyclic) bond motifs is 1. The van der Waals surface area contributed by atoms with Crippen molar-refractivity contribution in [1.29, 1.82) is 0 Å². The first-order valence-electron chi connectivity index (χ1n) is 6.07. The first kappa shape index (κ1) is 14.6. The molecule has 0 aliphatic heterocycles. The monoisotopic (exact) mass is 294 g/mol. The average molecular weight is 294 g/mol. The molecular formula is C12H14N4O5. The third-order valence-electron chi connectivity index (χ3n) is 2.88. The summed E-state index contributed by atoms with van der Waals surface area (Å²) in [5, 5.41) is 0.105. The van der Waals surface area contributed by atoms with Crippen molar-refractivity contribution in [2.24, 2.45) is 14.1 Å². The van der Waals surface area contributed by atoms with Crippen LogP contribution in [0, 0.1) is 0 Å². The molecule has 0 amide bonds. The van der Waals surface area contributed by atoms with Gasteiger partial charge in [0.25, 0.3) is 5.56 Å². The van der Waals surface area contributed by atoms with Gasteiger partial charge in [0.1, 0.15) is 0 Å². The van der Waals surface area contributed by atoms with Gasteiger partial charge >= 0.3 is 11.8 Å². The number of aromatic nitrogens is 3. The van der Waals surface area contributed by atoms with Gasteiger partial charge in [0.2, 0.25) is 0 Å². The summed E-state index contributed by atoms with van der Waals surface area (Å²) in [6.45, 7) is 1.75. The Kier molecular flexibility index (Phi) is 3.66. The maximum Gasteiger partial charge on any atom is 0.513 e. The summed E-state index contributed by atoms with van der Waals surface area (Å²) < 4.78 is 11.6. The number of pyridine rings is 1. The number of hydrogen-bond acceptors (Lipinski definition) is 7. The Morgan fingerprint density at radius 1 is 1.33 bits per heavy atom. The molecule has 0 aromatic carbocycles. The third-order valence-corrected chi connectivity index (χ3v) is 2.88. The molecule has 21 heavy (non-hydrogen) atoms. The van der Waals surface area contributed by atoms with Crippen molar-refractivity contribution in [3.63, 3.8) is 0 Å². The van der Waals surface area contributed by atoms with E-state index >= 15 is 0 Å². The molecule has 2 rings (SSSR count). The SMILES string of the molecule is CCOC(=O)Oc1cc2c(=O)n(C)c(=O)n(C)c2nc1N. The van der Waals surface area contributed by atoms with Crippen LogP contribution in [0.2, 0.25) is 0 Å². The van der Waals surface area contributed by atoms with Crippen LogP contribution in [0.25, 0.3) is 11.0 Å². The Morgan fingerprint density at radius 3 is 2.62 bits per heavy atom. The highest BCUT2D eigenvalue weighted by Crippen LogP contribution is 2.22. The zero-order valence-electron chi connectivity index (χ0n) is 11.7. The van der Waals surface area contributed by atoms with Gasteiger partial charge in [-0.05, 0) is 6.92 Å². The molecule has 0 atom stereocenters. The number of nitrogen functional groups attached to an aromatic ring is 1. The van der Waals surface area contributed by atoms with Gasteiger partial charge in [0, 0.05) is 20.2 Å². The second-order valence-electron chi connectivity index (χ2n) is 4.23. The highest BCUT2D eigenvalue weighted by molar-refractivity contribution is 5.80. The van der Waals surface area contributed by atoms with E-state index in [9.17, 15) is 14.4 Å². The van der Waals surface area contributed by atoms with E-state index in [-0.39, 0.29) is 29.2 Å². The van der Waals surface area contributed by atoms with Crippen LogP contribution in [-0.2, 0) is 18.8 Å². The van der Waals surface area contributed by atoms with Gasteiger partial charge < -0.3 is 15.2 Å². The standard InChI is InChI=1S/C12H14N4O5/c1-4-20-12(19)21-7-5-6-9(14-8(7)13)15(2)11(18)16(3)10(6)17/h5H,4H2,1-3H3,(H2,13,14). The molecule has 0 unspecified atom stereocenters. The Balaban J connectivity index is 2.68. The smallest absolute Gasteiger partial charge is 0.434 e. The van der Waals surface area contributed by atoms with E-state index in [1.54, 1.807) is 6.92 Å². The van der Waals surface area contributed by atoms with Gasteiger partial charge in [-0.1, -0.05) is 0 Å². The minimum absolute atomic E-state index is 0.100. The van der Waals surface area contributed by atoms with Crippen LogP contribution in [0.15, 0.2) is 15.7 Å². The van der Waals surface area contributed by atoms with Gasteiger partial charge in [-0.3, -0.25) is 13.9 Å². The van der Waals surface area contributed by atoms with Crippen molar-refractivity contribution < 1.29 is 14.3 Å². The molecule has 0 radical (unpaired) electrons. The summed E-state index contributed by atoms with van der Waals surface area (Å²) in [7, 11) is 2.80. The predicted molar refractivity (Wildman–Crippen MR) is 74.3 cm³/mol. The number of nitrogens with two attached hydrogens (primary N) is 1. The van der Waals surface area contributed by atoms with Crippen molar-refractivity contribution in [3.05, 3.63) is 26.9 Å². The maximum atomic E-state index is 12.1. The van der Waals surface area contributed by atoms with Crippen LogP contribution in [0.5, 0.6) is 5.75 Å².